The minimum Gasteiger partial charge on any atom is -0.497 e. The summed E-state index contributed by atoms with van der Waals surface area (Å²) in [5, 5.41) is 15.5. The second-order valence-electron chi connectivity index (χ2n) is 7.68. The van der Waals surface area contributed by atoms with Crippen LogP contribution in [0.4, 0.5) is 11.4 Å². The predicted molar refractivity (Wildman–Crippen MR) is 142 cm³/mol. The number of carbonyl (C=O) groups is 1. The van der Waals surface area contributed by atoms with Crippen LogP contribution in [-0.2, 0) is 14.8 Å². The van der Waals surface area contributed by atoms with Gasteiger partial charge in [-0.15, -0.1) is 0 Å². The van der Waals surface area contributed by atoms with Crippen molar-refractivity contribution < 1.29 is 37.1 Å². The molecule has 0 bridgehead atoms. The number of carbonyl (C=O) groups excluding carboxylic acids is 1. The highest BCUT2D eigenvalue weighted by molar-refractivity contribution is 7.93. The van der Waals surface area contributed by atoms with Crippen LogP contribution in [0.15, 0.2) is 70.7 Å². The molecule has 0 heterocycles. The first kappa shape index (κ1) is 28.7. The molecule has 0 saturated heterocycles. The Kier molecular flexibility index (Phi) is 9.28. The van der Waals surface area contributed by atoms with E-state index in [9.17, 15) is 23.3 Å². The number of hydrazone groups is 1. The molecule has 0 aromatic heterocycles. The molecule has 1 amide bonds. The number of hydrogen-bond donors (Lipinski definition) is 1. The molecule has 13 nitrogen and oxygen atoms in total. The van der Waals surface area contributed by atoms with Crippen molar-refractivity contribution >= 4 is 33.5 Å². The molecule has 0 saturated carbocycles. The summed E-state index contributed by atoms with van der Waals surface area (Å²) < 4.78 is 49.1. The van der Waals surface area contributed by atoms with Crippen molar-refractivity contribution in [2.45, 2.75) is 4.90 Å². The Morgan fingerprint density at radius 2 is 1.64 bits per heavy atom. The van der Waals surface area contributed by atoms with Crippen LogP contribution in [0.25, 0.3) is 0 Å². The summed E-state index contributed by atoms with van der Waals surface area (Å²) in [4.78, 5) is 23.1. The third kappa shape index (κ3) is 6.54. The molecule has 0 radical (unpaired) electrons. The van der Waals surface area contributed by atoms with E-state index in [2.05, 4.69) is 10.5 Å². The van der Waals surface area contributed by atoms with Gasteiger partial charge in [0.15, 0.2) is 16.4 Å². The molecule has 0 unspecified atom stereocenters. The molecule has 206 valence electrons. The Hall–Kier alpha value is -4.85. The summed E-state index contributed by atoms with van der Waals surface area (Å²) in [5.74, 6) is 0.539. The quantitative estimate of drug-likeness (QED) is 0.200. The number of rotatable bonds is 12. The molecule has 0 atom stereocenters. The van der Waals surface area contributed by atoms with E-state index >= 15 is 0 Å². The normalized spacial score (nSPS) is 11.1. The average Bonchev–Trinajstić information content (AvgIpc) is 2.95. The van der Waals surface area contributed by atoms with Crippen molar-refractivity contribution in [1.82, 2.24) is 5.43 Å². The number of nitrogens with one attached hydrogen (secondary N) is 1. The molecule has 0 spiro atoms. The molecular formula is C25H26N4O9S. The zero-order valence-electron chi connectivity index (χ0n) is 21.5. The van der Waals surface area contributed by atoms with Crippen LogP contribution in [0.1, 0.15) is 5.56 Å². The highest BCUT2D eigenvalue weighted by atomic mass is 32.2. The molecule has 1 N–H and O–H groups in total. The van der Waals surface area contributed by atoms with Crippen LogP contribution in [0.5, 0.6) is 23.0 Å². The first-order valence-electron chi connectivity index (χ1n) is 11.2. The maximum Gasteiger partial charge on any atom is 0.289 e. The maximum absolute atomic E-state index is 13.7. The van der Waals surface area contributed by atoms with Gasteiger partial charge in [-0.1, -0.05) is 12.1 Å². The lowest BCUT2D eigenvalue weighted by atomic mass is 10.2. The van der Waals surface area contributed by atoms with Crippen LogP contribution in [0.2, 0.25) is 0 Å². The minimum absolute atomic E-state index is 0.0459. The van der Waals surface area contributed by atoms with Crippen molar-refractivity contribution in [2.75, 3.05) is 39.3 Å². The van der Waals surface area contributed by atoms with E-state index in [1.165, 1.54) is 65.0 Å². The van der Waals surface area contributed by atoms with Gasteiger partial charge in [0, 0.05) is 12.1 Å². The van der Waals surface area contributed by atoms with E-state index in [-0.39, 0.29) is 11.4 Å². The molecule has 39 heavy (non-hydrogen) atoms. The summed E-state index contributed by atoms with van der Waals surface area (Å²) in [6.07, 6.45) is 1.33. The number of sulfonamides is 1. The number of amides is 1. The van der Waals surface area contributed by atoms with Crippen molar-refractivity contribution in [3.8, 4) is 23.0 Å². The topological polar surface area (TPSA) is 159 Å². The van der Waals surface area contributed by atoms with Gasteiger partial charge in [-0.2, -0.15) is 5.10 Å². The zero-order chi connectivity index (χ0) is 28.6. The fourth-order valence-electron chi connectivity index (χ4n) is 3.51. The Morgan fingerprint density at radius 3 is 2.28 bits per heavy atom. The second-order valence-corrected chi connectivity index (χ2v) is 9.51. The number of para-hydroxylation sites is 1. The monoisotopic (exact) mass is 558 g/mol. The first-order valence-corrected chi connectivity index (χ1v) is 12.6. The minimum atomic E-state index is -4.64. The summed E-state index contributed by atoms with van der Waals surface area (Å²) in [6, 6.07) is 14.0. The van der Waals surface area contributed by atoms with Crippen LogP contribution in [0, 0.1) is 10.1 Å². The Labute approximate surface area is 224 Å². The van der Waals surface area contributed by atoms with Gasteiger partial charge in [-0.3, -0.25) is 19.2 Å². The van der Waals surface area contributed by atoms with E-state index < -0.39 is 38.0 Å². The number of nitro benzene ring substituents is 1. The number of methoxy groups -OCH3 is 4. The number of nitrogens with zero attached hydrogens (tertiary/aromatic N) is 3. The third-order valence-corrected chi connectivity index (χ3v) is 7.19. The van der Waals surface area contributed by atoms with E-state index in [0.29, 0.717) is 27.1 Å². The summed E-state index contributed by atoms with van der Waals surface area (Å²) in [6.45, 7) is -0.777. The van der Waals surface area contributed by atoms with Crippen molar-refractivity contribution in [1.29, 1.82) is 0 Å². The van der Waals surface area contributed by atoms with Gasteiger partial charge in [0.2, 0.25) is 0 Å². The standard InChI is InChI=1S/C25H26N4O9S/c1-35-18-10-11-19(22(14-18)37-3)28(39(33,34)24-8-6-5-7-20(24)29(31)32)16-25(30)27-26-15-17-9-12-21(36-2)23(13-17)38-4/h5-15H,16H2,1-4H3,(H,27,30)/b26-15+. The maximum atomic E-state index is 13.7. The van der Waals surface area contributed by atoms with Crippen LogP contribution < -0.4 is 28.7 Å². The highest BCUT2D eigenvalue weighted by Crippen LogP contribution is 2.37. The van der Waals surface area contributed by atoms with Crippen molar-refractivity contribution in [3.05, 3.63) is 76.3 Å². The lowest BCUT2D eigenvalue weighted by Crippen LogP contribution is -2.40. The Bertz CT molecular complexity index is 1490. The van der Waals surface area contributed by atoms with Gasteiger partial charge in [0.25, 0.3) is 21.6 Å². The van der Waals surface area contributed by atoms with Crippen molar-refractivity contribution in [2.24, 2.45) is 5.10 Å². The van der Waals surface area contributed by atoms with E-state index in [4.69, 9.17) is 18.9 Å². The van der Waals surface area contributed by atoms with Gasteiger partial charge in [-0.05, 0) is 42.0 Å². The molecule has 0 fully saturated rings. The van der Waals surface area contributed by atoms with Crippen LogP contribution in [0.3, 0.4) is 0 Å². The lowest BCUT2D eigenvalue weighted by Gasteiger charge is -2.25. The van der Waals surface area contributed by atoms with Gasteiger partial charge < -0.3 is 18.9 Å². The van der Waals surface area contributed by atoms with Gasteiger partial charge in [0.05, 0.1) is 45.3 Å². The molecular weight excluding hydrogens is 532 g/mol. The number of nitro groups is 1. The van der Waals surface area contributed by atoms with Gasteiger partial charge in [0.1, 0.15) is 18.0 Å². The van der Waals surface area contributed by atoms with E-state index in [1.54, 1.807) is 18.2 Å². The Morgan fingerprint density at radius 1 is 0.949 bits per heavy atom. The molecule has 0 aliphatic rings. The Balaban J connectivity index is 1.97. The van der Waals surface area contributed by atoms with Crippen LogP contribution >= 0.6 is 0 Å². The first-order chi connectivity index (χ1) is 18.7. The fraction of sp³-hybridized carbons (Fsp3) is 0.200. The summed E-state index contributed by atoms with van der Waals surface area (Å²) in [7, 11) is 1.05. The number of ether oxygens (including phenoxy) is 4. The molecule has 14 heteroatoms. The molecule has 0 aliphatic heterocycles. The van der Waals surface area contributed by atoms with Crippen LogP contribution in [-0.4, -0.2) is 60.4 Å². The summed E-state index contributed by atoms with van der Waals surface area (Å²) in [5.41, 5.74) is 2.14. The second kappa shape index (κ2) is 12.6. The zero-order valence-corrected chi connectivity index (χ0v) is 22.3. The average molecular weight is 559 g/mol. The third-order valence-electron chi connectivity index (χ3n) is 5.38. The van der Waals surface area contributed by atoms with Gasteiger partial charge in [-0.25, -0.2) is 13.8 Å². The highest BCUT2D eigenvalue weighted by Gasteiger charge is 2.34. The molecule has 3 aromatic rings. The molecule has 3 aromatic carbocycles. The van der Waals surface area contributed by atoms with Crippen molar-refractivity contribution in [3.63, 3.8) is 0 Å². The largest absolute Gasteiger partial charge is 0.497 e. The number of hydrogen-bond acceptors (Lipinski definition) is 10. The van der Waals surface area contributed by atoms with E-state index in [0.717, 1.165) is 12.1 Å². The SMILES string of the molecule is COc1ccc(N(CC(=O)N/N=C/c2ccc(OC)c(OC)c2)S(=O)(=O)c2ccccc2[N+](=O)[O-])c(OC)c1. The smallest absolute Gasteiger partial charge is 0.289 e. The predicted octanol–water partition coefficient (Wildman–Crippen LogP) is 2.97. The molecule has 3 rings (SSSR count). The fourth-order valence-corrected chi connectivity index (χ4v) is 5.10. The lowest BCUT2D eigenvalue weighted by molar-refractivity contribution is -0.387. The number of benzene rings is 3. The molecule has 0 aliphatic carbocycles. The van der Waals surface area contributed by atoms with Gasteiger partial charge >= 0.3 is 0 Å². The number of anilines is 1. The van der Waals surface area contributed by atoms with E-state index in [1.807, 2.05) is 0 Å². The summed E-state index contributed by atoms with van der Waals surface area (Å²) >= 11 is 0.